The van der Waals surface area contributed by atoms with Crippen molar-refractivity contribution in [2.75, 3.05) is 36.8 Å². The average Bonchev–Trinajstić information content (AvgIpc) is 2.59. The Hall–Kier alpha value is -2.49. The highest BCUT2D eigenvalue weighted by Crippen LogP contribution is 2.24. The molecule has 0 atom stereocenters. The summed E-state index contributed by atoms with van der Waals surface area (Å²) in [4.78, 5) is 17.0. The molecule has 1 aliphatic rings. The number of benzene rings is 2. The molecule has 1 heterocycles. The van der Waals surface area contributed by atoms with Crippen molar-refractivity contribution in [3.8, 4) is 0 Å². The summed E-state index contributed by atoms with van der Waals surface area (Å²) in [5.41, 5.74) is 12.2. The summed E-state index contributed by atoms with van der Waals surface area (Å²) < 4.78 is 0. The quantitative estimate of drug-likeness (QED) is 0.864. The highest BCUT2D eigenvalue weighted by Gasteiger charge is 2.23. The lowest BCUT2D eigenvalue weighted by molar-refractivity contribution is 0.0747. The molecule has 1 aliphatic heterocycles. The van der Waals surface area contributed by atoms with Crippen molar-refractivity contribution in [2.45, 2.75) is 20.8 Å². The number of amides is 1. The van der Waals surface area contributed by atoms with Crippen LogP contribution in [0.4, 0.5) is 11.4 Å². The number of nitrogens with two attached hydrogens (primary N) is 1. The Balaban J connectivity index is 1.69. The zero-order chi connectivity index (χ0) is 17.3. The molecule has 0 saturated carbocycles. The van der Waals surface area contributed by atoms with Crippen molar-refractivity contribution in [2.24, 2.45) is 0 Å². The van der Waals surface area contributed by atoms with Crippen molar-refractivity contribution in [1.82, 2.24) is 4.90 Å². The van der Waals surface area contributed by atoms with E-state index in [1.54, 1.807) is 6.07 Å². The number of piperazine rings is 1. The molecule has 4 heteroatoms. The molecule has 1 fully saturated rings. The second-order valence-electron chi connectivity index (χ2n) is 6.57. The number of nitrogens with zero attached hydrogens (tertiary/aromatic N) is 2. The molecule has 0 aliphatic carbocycles. The molecule has 1 saturated heterocycles. The third kappa shape index (κ3) is 3.09. The summed E-state index contributed by atoms with van der Waals surface area (Å²) in [6.07, 6.45) is 0. The fraction of sp³-hybridized carbons (Fsp3) is 0.350. The van der Waals surface area contributed by atoms with Gasteiger partial charge in [-0.15, -0.1) is 0 Å². The number of hydrogen-bond acceptors (Lipinski definition) is 3. The van der Waals surface area contributed by atoms with Gasteiger partial charge in [0.05, 0.1) is 0 Å². The van der Waals surface area contributed by atoms with Gasteiger partial charge in [0, 0.05) is 43.1 Å². The maximum absolute atomic E-state index is 12.7. The third-order valence-electron chi connectivity index (χ3n) is 5.01. The first-order valence-electron chi connectivity index (χ1n) is 8.44. The minimum absolute atomic E-state index is 0.0716. The van der Waals surface area contributed by atoms with Gasteiger partial charge in [-0.3, -0.25) is 4.79 Å². The Bertz CT molecular complexity index is 761. The Morgan fingerprint density at radius 1 is 0.958 bits per heavy atom. The number of rotatable bonds is 2. The van der Waals surface area contributed by atoms with Crippen LogP contribution < -0.4 is 10.6 Å². The topological polar surface area (TPSA) is 49.6 Å². The number of hydrogen-bond donors (Lipinski definition) is 1. The zero-order valence-electron chi connectivity index (χ0n) is 14.7. The Morgan fingerprint density at radius 3 is 2.33 bits per heavy atom. The van der Waals surface area contributed by atoms with Crippen LogP contribution in [0.25, 0.3) is 0 Å². The van der Waals surface area contributed by atoms with Gasteiger partial charge in [0.1, 0.15) is 0 Å². The molecule has 0 bridgehead atoms. The third-order valence-corrected chi connectivity index (χ3v) is 5.01. The van der Waals surface area contributed by atoms with Crippen molar-refractivity contribution in [3.63, 3.8) is 0 Å². The van der Waals surface area contributed by atoms with E-state index in [4.69, 9.17) is 5.73 Å². The molecule has 126 valence electrons. The van der Waals surface area contributed by atoms with Gasteiger partial charge >= 0.3 is 0 Å². The van der Waals surface area contributed by atoms with Gasteiger partial charge in [-0.05, 0) is 55.7 Å². The lowest BCUT2D eigenvalue weighted by Gasteiger charge is -2.37. The van der Waals surface area contributed by atoms with Gasteiger partial charge in [-0.2, -0.15) is 0 Å². The summed E-state index contributed by atoms with van der Waals surface area (Å²) in [5, 5.41) is 0. The molecule has 1 amide bonds. The Labute approximate surface area is 143 Å². The molecule has 0 unspecified atom stereocenters. The molecule has 0 spiro atoms. The summed E-state index contributed by atoms with van der Waals surface area (Å²) in [7, 11) is 0. The monoisotopic (exact) mass is 323 g/mol. The van der Waals surface area contributed by atoms with E-state index in [1.165, 1.54) is 16.8 Å². The summed E-state index contributed by atoms with van der Waals surface area (Å²) in [6, 6.07) is 12.0. The molecule has 24 heavy (non-hydrogen) atoms. The van der Waals surface area contributed by atoms with E-state index < -0.39 is 0 Å². The van der Waals surface area contributed by atoms with E-state index in [2.05, 4.69) is 36.9 Å². The van der Waals surface area contributed by atoms with E-state index >= 15 is 0 Å². The summed E-state index contributed by atoms with van der Waals surface area (Å²) in [5.74, 6) is 0.0716. The van der Waals surface area contributed by atoms with E-state index in [9.17, 15) is 4.79 Å². The second kappa shape index (κ2) is 6.56. The first-order valence-corrected chi connectivity index (χ1v) is 8.44. The predicted octanol–water partition coefficient (Wildman–Crippen LogP) is 3.16. The summed E-state index contributed by atoms with van der Waals surface area (Å²) >= 11 is 0. The highest BCUT2D eigenvalue weighted by molar-refractivity contribution is 5.95. The van der Waals surface area contributed by atoms with E-state index in [0.29, 0.717) is 11.3 Å². The lowest BCUT2D eigenvalue weighted by atomic mass is 10.1. The van der Waals surface area contributed by atoms with Gasteiger partial charge in [0.25, 0.3) is 5.91 Å². The molecule has 0 radical (unpaired) electrons. The fourth-order valence-corrected chi connectivity index (χ4v) is 3.18. The average molecular weight is 323 g/mol. The van der Waals surface area contributed by atoms with Crippen LogP contribution in [0.2, 0.25) is 0 Å². The fourth-order valence-electron chi connectivity index (χ4n) is 3.18. The normalized spacial score (nSPS) is 14.8. The van der Waals surface area contributed by atoms with Crippen molar-refractivity contribution in [1.29, 1.82) is 0 Å². The van der Waals surface area contributed by atoms with Crippen molar-refractivity contribution >= 4 is 17.3 Å². The van der Waals surface area contributed by atoms with Gasteiger partial charge < -0.3 is 15.5 Å². The van der Waals surface area contributed by atoms with Crippen LogP contribution >= 0.6 is 0 Å². The number of anilines is 2. The van der Waals surface area contributed by atoms with Gasteiger partial charge in [-0.1, -0.05) is 18.2 Å². The molecule has 2 aromatic rings. The van der Waals surface area contributed by atoms with Crippen LogP contribution in [0.5, 0.6) is 0 Å². The number of nitrogen functional groups attached to an aromatic ring is 1. The molecule has 2 aromatic carbocycles. The maximum Gasteiger partial charge on any atom is 0.254 e. The SMILES string of the molecule is Cc1ccc(C(=O)N2CCN(c3cccc(C)c3C)CC2)cc1N. The molecule has 4 nitrogen and oxygen atoms in total. The molecular weight excluding hydrogens is 298 g/mol. The first-order chi connectivity index (χ1) is 11.5. The van der Waals surface area contributed by atoms with Gasteiger partial charge in [0.2, 0.25) is 0 Å². The highest BCUT2D eigenvalue weighted by atomic mass is 16.2. The molecule has 2 N–H and O–H groups in total. The minimum atomic E-state index is 0.0716. The van der Waals surface area contributed by atoms with Crippen molar-refractivity contribution in [3.05, 3.63) is 58.7 Å². The lowest BCUT2D eigenvalue weighted by Crippen LogP contribution is -2.49. The maximum atomic E-state index is 12.7. The largest absolute Gasteiger partial charge is 0.398 e. The van der Waals surface area contributed by atoms with Crippen LogP contribution in [0.3, 0.4) is 0 Å². The summed E-state index contributed by atoms with van der Waals surface area (Å²) in [6.45, 7) is 9.44. The first kappa shape index (κ1) is 16.4. The second-order valence-corrected chi connectivity index (χ2v) is 6.57. The Morgan fingerprint density at radius 2 is 1.67 bits per heavy atom. The number of aryl methyl sites for hydroxylation is 2. The van der Waals surface area contributed by atoms with E-state index in [-0.39, 0.29) is 5.91 Å². The molecule has 0 aromatic heterocycles. The standard InChI is InChI=1S/C20H25N3O/c1-14-5-4-6-19(16(14)3)22-9-11-23(12-10-22)20(24)17-8-7-15(2)18(21)13-17/h4-8,13H,9-12,21H2,1-3H3. The van der Waals surface area contributed by atoms with Crippen LogP contribution in [0.15, 0.2) is 36.4 Å². The minimum Gasteiger partial charge on any atom is -0.398 e. The van der Waals surface area contributed by atoms with Crippen LogP contribution in [0, 0.1) is 20.8 Å². The van der Waals surface area contributed by atoms with Gasteiger partial charge in [0.15, 0.2) is 0 Å². The van der Waals surface area contributed by atoms with Crippen LogP contribution in [0.1, 0.15) is 27.0 Å². The van der Waals surface area contributed by atoms with Crippen LogP contribution in [-0.4, -0.2) is 37.0 Å². The number of carbonyl (C=O) groups is 1. The smallest absolute Gasteiger partial charge is 0.254 e. The predicted molar refractivity (Wildman–Crippen MR) is 99.6 cm³/mol. The van der Waals surface area contributed by atoms with E-state index in [0.717, 1.165) is 31.7 Å². The Kier molecular flexibility index (Phi) is 4.47. The zero-order valence-corrected chi connectivity index (χ0v) is 14.7. The van der Waals surface area contributed by atoms with Gasteiger partial charge in [-0.25, -0.2) is 0 Å². The number of carbonyl (C=O) groups excluding carboxylic acids is 1. The van der Waals surface area contributed by atoms with E-state index in [1.807, 2.05) is 24.0 Å². The molecular formula is C20H25N3O. The molecule has 3 rings (SSSR count). The van der Waals surface area contributed by atoms with Crippen molar-refractivity contribution < 1.29 is 4.79 Å². The van der Waals surface area contributed by atoms with Crippen LogP contribution in [-0.2, 0) is 0 Å².